The standard InChI is InChI=1S/C62H95ClF3N11O11/c1-14-38(4)52-58(86)72(9)35-50(80)70(7)36-51(81)75(12)47(33-41-21-16-15-17-22-41)57(85)71(8)34-48(78)67-45(27-25-42-24-26-43(44(63)32-42)62(64,65)66)56(84)77-30-20-23-46(77)55(83)69-61(28-18-19-29-61)60(88)76(13)53(37(2)3)59(87)73(10)39(5)31-49(79)74(11)40(6)54(82)68-52/h24,26,32,37-41,45-47,52-53H,14-23,25,27-31,33-36H2,1-13H3,(H,67,78)(H,68,82)(H,69,83)/t38?,39-,40+,45+,46+,47+,52+,53+/m1/s1. The first-order valence-corrected chi connectivity index (χ1v) is 31.4. The molecule has 4 fully saturated rings. The number of likely N-dealkylation sites (N-methyl/N-ethyl adjacent to an activating group) is 7. The van der Waals surface area contributed by atoms with E-state index < -0.39 is 161 Å². The van der Waals surface area contributed by atoms with Gasteiger partial charge in [0.05, 0.1) is 30.2 Å². The van der Waals surface area contributed by atoms with Crippen LogP contribution in [0.4, 0.5) is 13.2 Å². The summed E-state index contributed by atoms with van der Waals surface area (Å²) in [6.07, 6.45) is 1.89. The lowest BCUT2D eigenvalue weighted by Gasteiger charge is -2.41. The maximum Gasteiger partial charge on any atom is 0.417 e. The molecular formula is C62H95ClF3N11O11. The Kier molecular flexibility index (Phi) is 25.7. The predicted molar refractivity (Wildman–Crippen MR) is 323 cm³/mol. The molecule has 22 nitrogen and oxygen atoms in total. The highest BCUT2D eigenvalue weighted by Gasteiger charge is 2.50. The van der Waals surface area contributed by atoms with Crippen LogP contribution in [-0.2, 0) is 65.3 Å². The van der Waals surface area contributed by atoms with Crippen LogP contribution in [0.2, 0.25) is 5.02 Å². The third kappa shape index (κ3) is 17.9. The van der Waals surface area contributed by atoms with Crippen molar-refractivity contribution in [1.29, 1.82) is 0 Å². The number of hydrogen-bond acceptors (Lipinski definition) is 11. The van der Waals surface area contributed by atoms with E-state index in [0.717, 1.165) is 58.9 Å². The van der Waals surface area contributed by atoms with Crippen molar-refractivity contribution in [1.82, 2.24) is 55.1 Å². The molecule has 492 valence electrons. The van der Waals surface area contributed by atoms with Crippen molar-refractivity contribution < 1.29 is 65.9 Å². The van der Waals surface area contributed by atoms with Gasteiger partial charge in [0.15, 0.2) is 0 Å². The fourth-order valence-corrected chi connectivity index (χ4v) is 12.9. The largest absolute Gasteiger partial charge is 0.417 e. The Labute approximate surface area is 521 Å². The first-order valence-electron chi connectivity index (χ1n) is 31.0. The molecule has 2 aliphatic carbocycles. The van der Waals surface area contributed by atoms with Crippen LogP contribution in [0.5, 0.6) is 0 Å². The van der Waals surface area contributed by atoms with Crippen molar-refractivity contribution in [2.24, 2.45) is 17.8 Å². The Balaban J connectivity index is 1.53. The zero-order valence-electron chi connectivity index (χ0n) is 53.7. The second kappa shape index (κ2) is 31.3. The summed E-state index contributed by atoms with van der Waals surface area (Å²) in [6.45, 7) is 8.72. The number of hydrogen-bond donors (Lipinski definition) is 3. The third-order valence-electron chi connectivity index (χ3n) is 18.7. The first kappa shape index (κ1) is 72.2. The number of fused-ring (bicyclic) bond motifs is 1. The molecule has 8 atom stereocenters. The average Bonchev–Trinajstić information content (AvgIpc) is 4.25. The quantitative estimate of drug-likeness (QED) is 0.327. The molecule has 0 radical (unpaired) electrons. The maximum atomic E-state index is 15.0. The molecule has 0 bridgehead atoms. The van der Waals surface area contributed by atoms with Crippen molar-refractivity contribution in [2.45, 2.75) is 198 Å². The van der Waals surface area contributed by atoms with Crippen LogP contribution < -0.4 is 16.0 Å². The van der Waals surface area contributed by atoms with Crippen LogP contribution in [0.25, 0.3) is 0 Å². The predicted octanol–water partition coefficient (Wildman–Crippen LogP) is 4.48. The van der Waals surface area contributed by atoms with Gasteiger partial charge in [0, 0.05) is 68.3 Å². The summed E-state index contributed by atoms with van der Waals surface area (Å²) < 4.78 is 41.2. The highest BCUT2D eigenvalue weighted by atomic mass is 35.5. The molecule has 2 saturated carbocycles. The number of nitrogens with one attached hydrogen (secondary N) is 3. The van der Waals surface area contributed by atoms with Crippen LogP contribution in [-0.4, -0.2) is 228 Å². The molecule has 1 aromatic carbocycles. The first-order chi connectivity index (χ1) is 41.1. The van der Waals surface area contributed by atoms with Crippen molar-refractivity contribution in [3.8, 4) is 0 Å². The molecule has 88 heavy (non-hydrogen) atoms. The van der Waals surface area contributed by atoms with Gasteiger partial charge < -0.3 is 55.1 Å². The van der Waals surface area contributed by atoms with E-state index in [4.69, 9.17) is 11.6 Å². The Hall–Kier alpha value is -6.53. The summed E-state index contributed by atoms with van der Waals surface area (Å²) >= 11 is 6.10. The van der Waals surface area contributed by atoms with E-state index in [0.29, 0.717) is 31.2 Å². The smallest absolute Gasteiger partial charge is 0.343 e. The molecule has 26 heteroatoms. The van der Waals surface area contributed by atoms with Crippen LogP contribution in [0, 0.1) is 17.8 Å². The number of benzene rings is 1. The van der Waals surface area contributed by atoms with Crippen molar-refractivity contribution >= 4 is 76.6 Å². The number of carbonyl (C=O) groups is 11. The minimum atomic E-state index is -4.74. The topological polar surface area (TPSA) is 250 Å². The van der Waals surface area contributed by atoms with E-state index in [1.54, 1.807) is 27.7 Å². The molecule has 2 heterocycles. The number of carbonyl (C=O) groups excluding carboxylic acids is 11. The normalized spacial score (nSPS) is 26.7. The van der Waals surface area contributed by atoms with Gasteiger partial charge in [-0.1, -0.05) is 96.7 Å². The lowest BCUT2D eigenvalue weighted by molar-refractivity contribution is -0.152. The zero-order valence-corrected chi connectivity index (χ0v) is 54.5. The molecule has 3 N–H and O–H groups in total. The van der Waals surface area contributed by atoms with Gasteiger partial charge in [-0.15, -0.1) is 0 Å². The summed E-state index contributed by atoms with van der Waals surface area (Å²) in [5.41, 5.74) is -2.24. The van der Waals surface area contributed by atoms with Gasteiger partial charge in [0.25, 0.3) is 0 Å². The minimum Gasteiger partial charge on any atom is -0.343 e. The average molecular weight is 1260 g/mol. The van der Waals surface area contributed by atoms with Crippen molar-refractivity contribution in [2.75, 3.05) is 75.5 Å². The number of nitrogens with zero attached hydrogens (tertiary/aromatic N) is 8. The van der Waals surface area contributed by atoms with Crippen LogP contribution in [0.15, 0.2) is 18.2 Å². The molecule has 1 unspecified atom stereocenters. The minimum absolute atomic E-state index is 0.0358. The molecule has 1 spiro atoms. The van der Waals surface area contributed by atoms with Gasteiger partial charge >= 0.3 is 6.18 Å². The Morgan fingerprint density at radius 2 is 1.27 bits per heavy atom. The number of aryl methyl sites for hydroxylation is 1. The van der Waals surface area contributed by atoms with E-state index in [-0.39, 0.29) is 57.4 Å². The van der Waals surface area contributed by atoms with Crippen LogP contribution in [0.3, 0.4) is 0 Å². The Morgan fingerprint density at radius 1 is 0.659 bits per heavy atom. The molecule has 2 aliphatic heterocycles. The van der Waals surface area contributed by atoms with Crippen molar-refractivity contribution in [3.63, 3.8) is 0 Å². The molecular weight excluding hydrogens is 1170 g/mol. The maximum absolute atomic E-state index is 15.0. The van der Waals surface area contributed by atoms with Crippen LogP contribution in [0.1, 0.15) is 149 Å². The SMILES string of the molecule is CCC(C)[C@@H]1NC(=O)[C@H](C)N(C)C(=O)C[C@@H](C)N(C)C(=O)[C@H](C(C)C)N(C)C(=O)C2(CCCC2)NC(=O)[C@@H]2CCCN2C(=O)[C@H](CCc2ccc(C(F)(F)F)c(Cl)c2)NC(=O)CN(C)C(=O)[C@H](CC2CCCCC2)N(C)C(=O)CN(C)C(=O)CN(C)C1=O. The molecule has 5 rings (SSSR count). The fourth-order valence-electron chi connectivity index (χ4n) is 12.5. The van der Waals surface area contributed by atoms with E-state index in [9.17, 15) is 61.1 Å². The number of rotatable bonds is 8. The van der Waals surface area contributed by atoms with Crippen LogP contribution >= 0.6 is 11.6 Å². The number of amides is 11. The summed E-state index contributed by atoms with van der Waals surface area (Å²) in [6, 6.07) is -4.54. The Morgan fingerprint density at radius 3 is 1.86 bits per heavy atom. The molecule has 2 saturated heterocycles. The second-order valence-electron chi connectivity index (χ2n) is 25.5. The molecule has 0 aromatic heterocycles. The third-order valence-corrected chi connectivity index (χ3v) is 19.0. The molecule has 1 aromatic rings. The number of halogens is 4. The Bertz CT molecular complexity index is 2720. The van der Waals surface area contributed by atoms with Crippen molar-refractivity contribution in [3.05, 3.63) is 34.3 Å². The van der Waals surface area contributed by atoms with Gasteiger partial charge in [-0.2, -0.15) is 13.2 Å². The van der Waals surface area contributed by atoms with E-state index in [1.807, 2.05) is 6.92 Å². The highest BCUT2D eigenvalue weighted by molar-refractivity contribution is 6.31. The zero-order chi connectivity index (χ0) is 65.9. The lowest BCUT2D eigenvalue weighted by Crippen LogP contribution is -2.64. The van der Waals surface area contributed by atoms with Gasteiger partial charge in [0.1, 0.15) is 41.8 Å². The second-order valence-corrected chi connectivity index (χ2v) is 25.9. The summed E-state index contributed by atoms with van der Waals surface area (Å²) in [5, 5.41) is 7.97. The summed E-state index contributed by atoms with van der Waals surface area (Å²) in [7, 11) is 10.00. The van der Waals surface area contributed by atoms with Gasteiger partial charge in [-0.25, -0.2) is 0 Å². The van der Waals surface area contributed by atoms with E-state index in [2.05, 4.69) is 16.0 Å². The molecule has 4 aliphatic rings. The van der Waals surface area contributed by atoms with E-state index >= 15 is 4.79 Å². The molecule has 11 amide bonds. The van der Waals surface area contributed by atoms with Gasteiger partial charge in [0.2, 0.25) is 65.0 Å². The van der Waals surface area contributed by atoms with Gasteiger partial charge in [-0.3, -0.25) is 52.7 Å². The number of alkyl halides is 3. The lowest BCUT2D eigenvalue weighted by atomic mass is 9.84. The summed E-state index contributed by atoms with van der Waals surface area (Å²) in [4.78, 5) is 168. The van der Waals surface area contributed by atoms with Gasteiger partial charge in [-0.05, 0) is 94.2 Å². The summed E-state index contributed by atoms with van der Waals surface area (Å²) in [5.74, 6) is -7.66. The fraction of sp³-hybridized carbons (Fsp3) is 0.726. The highest BCUT2D eigenvalue weighted by Crippen LogP contribution is 2.37. The monoisotopic (exact) mass is 1260 g/mol. The van der Waals surface area contributed by atoms with E-state index in [1.165, 1.54) is 86.8 Å².